The van der Waals surface area contributed by atoms with Crippen LogP contribution in [0.5, 0.6) is 5.75 Å². The summed E-state index contributed by atoms with van der Waals surface area (Å²) in [5, 5.41) is 2.88. The first-order valence-corrected chi connectivity index (χ1v) is 10.5. The second kappa shape index (κ2) is 8.87. The van der Waals surface area contributed by atoms with E-state index in [1.165, 1.54) is 21.2 Å². The summed E-state index contributed by atoms with van der Waals surface area (Å²) in [6.07, 6.45) is 3.86. The van der Waals surface area contributed by atoms with Crippen LogP contribution in [0.15, 0.2) is 47.6 Å². The first-order chi connectivity index (χ1) is 13.8. The molecule has 2 aromatic rings. The Hall–Kier alpha value is -2.53. The number of carbonyl (C=O) groups excluding carboxylic acids is 1. The van der Waals surface area contributed by atoms with Crippen LogP contribution in [0.25, 0.3) is 0 Å². The summed E-state index contributed by atoms with van der Waals surface area (Å²) in [5.74, 6) is 0.137. The zero-order valence-corrected chi connectivity index (χ0v) is 17.4. The van der Waals surface area contributed by atoms with E-state index in [1.54, 1.807) is 30.6 Å². The van der Waals surface area contributed by atoms with E-state index < -0.39 is 16.1 Å². The monoisotopic (exact) mass is 419 g/mol. The summed E-state index contributed by atoms with van der Waals surface area (Å²) in [6, 6.07) is 8.06. The van der Waals surface area contributed by atoms with Crippen molar-refractivity contribution in [2.75, 3.05) is 21.2 Å². The minimum Gasteiger partial charge on any atom is -0.495 e. The number of pyridine rings is 1. The van der Waals surface area contributed by atoms with Crippen LogP contribution in [0, 0.1) is 0 Å². The van der Waals surface area contributed by atoms with Gasteiger partial charge in [0, 0.05) is 39.1 Å². The van der Waals surface area contributed by atoms with Gasteiger partial charge in [0.2, 0.25) is 15.9 Å². The Bertz CT molecular complexity index is 966. The van der Waals surface area contributed by atoms with Gasteiger partial charge in [0.05, 0.1) is 7.11 Å². The lowest BCUT2D eigenvalue weighted by molar-refractivity contribution is -0.123. The van der Waals surface area contributed by atoms with Gasteiger partial charge < -0.3 is 10.1 Å². The highest BCUT2D eigenvalue weighted by molar-refractivity contribution is 7.89. The Morgan fingerprint density at radius 2 is 2.10 bits per heavy atom. The van der Waals surface area contributed by atoms with Gasteiger partial charge in [-0.15, -0.1) is 0 Å². The van der Waals surface area contributed by atoms with Crippen LogP contribution in [-0.4, -0.2) is 50.9 Å². The fourth-order valence-electron chi connectivity index (χ4n) is 3.07. The van der Waals surface area contributed by atoms with Gasteiger partial charge in [-0.05, 0) is 35.7 Å². The molecule has 2 unspecified atom stereocenters. The molecule has 1 aromatic carbocycles. The number of sulfonamides is 1. The number of benzene rings is 1. The lowest BCUT2D eigenvalue weighted by Gasteiger charge is -2.17. The predicted molar refractivity (Wildman–Crippen MR) is 107 cm³/mol. The van der Waals surface area contributed by atoms with Crippen LogP contribution >= 0.6 is 0 Å². The number of nitrogens with one attached hydrogen (secondary N) is 3. The van der Waals surface area contributed by atoms with Crippen LogP contribution in [0.1, 0.15) is 23.6 Å². The highest BCUT2D eigenvalue weighted by Crippen LogP contribution is 2.31. The van der Waals surface area contributed by atoms with E-state index in [9.17, 15) is 13.2 Å². The van der Waals surface area contributed by atoms with Gasteiger partial charge in [0.1, 0.15) is 16.7 Å². The standard InChI is InChI=1S/C19H25N5O4S/c1-24(2)29(26,27)18-9-14(6-7-17(18)28-3)15-10-16(23-22-15)19(25)21-12-13-5-4-8-20-11-13/h4-9,11,15-16,22-23H,10,12H2,1-3H3,(H,21,25). The molecule has 1 aliphatic heterocycles. The summed E-state index contributed by atoms with van der Waals surface area (Å²) >= 11 is 0. The Morgan fingerprint density at radius 3 is 2.76 bits per heavy atom. The number of methoxy groups -OCH3 is 1. The van der Waals surface area contributed by atoms with Crippen molar-refractivity contribution in [3.8, 4) is 5.75 Å². The first kappa shape index (κ1) is 21.2. The van der Waals surface area contributed by atoms with Gasteiger partial charge in [0.25, 0.3) is 0 Å². The maximum absolute atomic E-state index is 12.6. The topological polar surface area (TPSA) is 113 Å². The Morgan fingerprint density at radius 1 is 1.31 bits per heavy atom. The Kier molecular flexibility index (Phi) is 6.48. The maximum Gasteiger partial charge on any atom is 0.246 e. The smallest absolute Gasteiger partial charge is 0.246 e. The first-order valence-electron chi connectivity index (χ1n) is 9.11. The number of hydrogen-bond donors (Lipinski definition) is 3. The molecule has 0 bridgehead atoms. The quantitative estimate of drug-likeness (QED) is 0.601. The number of ether oxygens (including phenoxy) is 1. The molecule has 29 heavy (non-hydrogen) atoms. The summed E-state index contributed by atoms with van der Waals surface area (Å²) in [6.45, 7) is 0.392. The van der Waals surface area contributed by atoms with Gasteiger partial charge in [-0.3, -0.25) is 9.78 Å². The third-order valence-electron chi connectivity index (χ3n) is 4.76. The SMILES string of the molecule is COc1ccc(C2CC(C(=O)NCc3cccnc3)NN2)cc1S(=O)(=O)N(C)C. The molecule has 0 spiro atoms. The van der Waals surface area contributed by atoms with E-state index in [0.29, 0.717) is 13.0 Å². The normalized spacial score (nSPS) is 19.3. The average molecular weight is 420 g/mol. The summed E-state index contributed by atoms with van der Waals surface area (Å²) in [7, 11) is 0.710. The zero-order chi connectivity index (χ0) is 21.0. The van der Waals surface area contributed by atoms with Gasteiger partial charge >= 0.3 is 0 Å². The van der Waals surface area contributed by atoms with Gasteiger partial charge in [-0.2, -0.15) is 0 Å². The number of hydrazine groups is 1. The molecule has 3 N–H and O–H groups in total. The third kappa shape index (κ3) is 4.73. The predicted octanol–water partition coefficient (Wildman–Crippen LogP) is 0.565. The van der Waals surface area contributed by atoms with Gasteiger partial charge in [0.15, 0.2) is 0 Å². The molecule has 2 heterocycles. The van der Waals surface area contributed by atoms with Crippen LogP contribution < -0.4 is 20.9 Å². The van der Waals surface area contributed by atoms with E-state index in [1.807, 2.05) is 12.1 Å². The molecular formula is C19H25N5O4S. The van der Waals surface area contributed by atoms with Crippen molar-refractivity contribution in [1.29, 1.82) is 0 Å². The van der Waals surface area contributed by atoms with E-state index in [2.05, 4.69) is 21.2 Å². The fourth-order valence-corrected chi connectivity index (χ4v) is 4.15. The van der Waals surface area contributed by atoms with E-state index >= 15 is 0 Å². The van der Waals surface area contributed by atoms with Crippen molar-refractivity contribution in [2.24, 2.45) is 0 Å². The molecule has 1 saturated heterocycles. The van der Waals surface area contributed by atoms with Gasteiger partial charge in [-0.1, -0.05) is 12.1 Å². The Labute approximate surface area is 170 Å². The van der Waals surface area contributed by atoms with Crippen molar-refractivity contribution in [3.63, 3.8) is 0 Å². The molecule has 156 valence electrons. The molecule has 2 atom stereocenters. The molecule has 1 fully saturated rings. The van der Waals surface area contributed by atoms with Crippen molar-refractivity contribution in [1.82, 2.24) is 25.5 Å². The van der Waals surface area contributed by atoms with E-state index in [-0.39, 0.29) is 22.6 Å². The number of hydrogen-bond acceptors (Lipinski definition) is 7. The second-order valence-corrected chi connectivity index (χ2v) is 9.03. The van der Waals surface area contributed by atoms with Gasteiger partial charge in [-0.25, -0.2) is 23.6 Å². The largest absolute Gasteiger partial charge is 0.495 e. The van der Waals surface area contributed by atoms with Crippen molar-refractivity contribution < 1.29 is 17.9 Å². The zero-order valence-electron chi connectivity index (χ0n) is 16.5. The number of amides is 1. The minimum absolute atomic E-state index is 0.0915. The molecule has 3 rings (SSSR count). The lowest BCUT2D eigenvalue weighted by atomic mass is 10.0. The molecular weight excluding hydrogens is 394 g/mol. The summed E-state index contributed by atoms with van der Waals surface area (Å²) < 4.78 is 31.6. The van der Waals surface area contributed by atoms with E-state index in [4.69, 9.17) is 4.74 Å². The molecule has 0 aliphatic carbocycles. The van der Waals surface area contributed by atoms with Crippen LogP contribution in [-0.2, 0) is 21.4 Å². The number of carbonyl (C=O) groups is 1. The van der Waals surface area contributed by atoms with Crippen molar-refractivity contribution in [3.05, 3.63) is 53.9 Å². The van der Waals surface area contributed by atoms with Crippen LogP contribution in [0.2, 0.25) is 0 Å². The lowest BCUT2D eigenvalue weighted by Crippen LogP contribution is -2.42. The Balaban J connectivity index is 1.70. The number of rotatable bonds is 7. The molecule has 1 aromatic heterocycles. The van der Waals surface area contributed by atoms with Crippen molar-refractivity contribution in [2.45, 2.75) is 29.9 Å². The molecule has 10 heteroatoms. The highest BCUT2D eigenvalue weighted by atomic mass is 32.2. The molecule has 9 nitrogen and oxygen atoms in total. The minimum atomic E-state index is -3.67. The molecule has 0 radical (unpaired) electrons. The maximum atomic E-state index is 12.6. The molecule has 1 amide bonds. The molecule has 0 saturated carbocycles. The fraction of sp³-hybridized carbons (Fsp3) is 0.368. The van der Waals surface area contributed by atoms with E-state index in [0.717, 1.165) is 15.4 Å². The number of aromatic nitrogens is 1. The highest BCUT2D eigenvalue weighted by Gasteiger charge is 2.31. The van der Waals surface area contributed by atoms with Crippen LogP contribution in [0.3, 0.4) is 0 Å². The third-order valence-corrected chi connectivity index (χ3v) is 6.59. The average Bonchev–Trinajstić information content (AvgIpc) is 3.22. The second-order valence-electron chi connectivity index (χ2n) is 6.91. The summed E-state index contributed by atoms with van der Waals surface area (Å²) in [4.78, 5) is 16.6. The molecule has 1 aliphatic rings. The van der Waals surface area contributed by atoms with Crippen molar-refractivity contribution >= 4 is 15.9 Å². The van der Waals surface area contributed by atoms with Crippen LogP contribution in [0.4, 0.5) is 0 Å². The summed E-state index contributed by atoms with van der Waals surface area (Å²) in [5.41, 5.74) is 7.72. The number of nitrogens with zero attached hydrogens (tertiary/aromatic N) is 2.